The summed E-state index contributed by atoms with van der Waals surface area (Å²) in [6.45, 7) is 1.08. The van der Waals surface area contributed by atoms with Crippen LogP contribution in [0.4, 0.5) is 11.4 Å². The SMILES string of the molecule is Nc1cccc([C@@H]2SCC(=O)N2c2ccc3c(c2)OCCO3)c1. The number of anilines is 2. The highest BCUT2D eigenvalue weighted by Crippen LogP contribution is 2.44. The second-order valence-corrected chi connectivity index (χ2v) is 6.49. The van der Waals surface area contributed by atoms with Gasteiger partial charge in [0.15, 0.2) is 11.5 Å². The van der Waals surface area contributed by atoms with E-state index in [0.29, 0.717) is 30.4 Å². The molecule has 2 aromatic rings. The smallest absolute Gasteiger partial charge is 0.238 e. The van der Waals surface area contributed by atoms with Crippen molar-refractivity contribution in [2.24, 2.45) is 0 Å². The number of ether oxygens (including phenoxy) is 2. The van der Waals surface area contributed by atoms with Crippen LogP contribution in [0.1, 0.15) is 10.9 Å². The van der Waals surface area contributed by atoms with Crippen molar-refractivity contribution in [3.8, 4) is 11.5 Å². The maximum absolute atomic E-state index is 12.4. The number of nitrogens with zero attached hydrogens (tertiary/aromatic N) is 1. The van der Waals surface area contributed by atoms with Gasteiger partial charge in [0.05, 0.1) is 5.75 Å². The van der Waals surface area contributed by atoms with Crippen LogP contribution in [-0.4, -0.2) is 24.9 Å². The monoisotopic (exact) mass is 328 g/mol. The fourth-order valence-electron chi connectivity index (χ4n) is 2.84. The van der Waals surface area contributed by atoms with Gasteiger partial charge in [-0.25, -0.2) is 0 Å². The molecule has 1 fully saturated rings. The Balaban J connectivity index is 1.72. The van der Waals surface area contributed by atoms with E-state index in [1.54, 1.807) is 16.7 Å². The van der Waals surface area contributed by atoms with Crippen LogP contribution in [0.3, 0.4) is 0 Å². The van der Waals surface area contributed by atoms with Crippen molar-refractivity contribution in [1.29, 1.82) is 0 Å². The fourth-order valence-corrected chi connectivity index (χ4v) is 4.01. The van der Waals surface area contributed by atoms with E-state index < -0.39 is 0 Å². The van der Waals surface area contributed by atoms with Crippen molar-refractivity contribution in [2.45, 2.75) is 5.37 Å². The number of nitrogen functional groups attached to an aromatic ring is 1. The van der Waals surface area contributed by atoms with Gasteiger partial charge >= 0.3 is 0 Å². The zero-order chi connectivity index (χ0) is 15.8. The standard InChI is InChI=1S/C17H16N2O3S/c18-12-3-1-2-11(8-12)17-19(16(20)10-23-17)13-4-5-14-15(9-13)22-7-6-21-14/h1-5,8-9,17H,6-7,10,18H2/t17-/m0/s1. The number of rotatable bonds is 2. The number of carbonyl (C=O) groups is 1. The van der Waals surface area contributed by atoms with Gasteiger partial charge in [0, 0.05) is 17.4 Å². The van der Waals surface area contributed by atoms with Crippen molar-refractivity contribution in [2.75, 3.05) is 29.6 Å². The van der Waals surface area contributed by atoms with Gasteiger partial charge in [0.25, 0.3) is 0 Å². The van der Waals surface area contributed by atoms with Gasteiger partial charge in [0.2, 0.25) is 5.91 Å². The van der Waals surface area contributed by atoms with Gasteiger partial charge in [-0.1, -0.05) is 12.1 Å². The zero-order valence-corrected chi connectivity index (χ0v) is 13.2. The van der Waals surface area contributed by atoms with E-state index in [-0.39, 0.29) is 11.3 Å². The first-order valence-electron chi connectivity index (χ1n) is 7.41. The van der Waals surface area contributed by atoms with E-state index in [9.17, 15) is 4.79 Å². The average Bonchev–Trinajstić information content (AvgIpc) is 2.96. The Morgan fingerprint density at radius 2 is 1.91 bits per heavy atom. The van der Waals surface area contributed by atoms with Crippen LogP contribution in [-0.2, 0) is 4.79 Å². The lowest BCUT2D eigenvalue weighted by atomic mass is 10.1. The number of fused-ring (bicyclic) bond motifs is 1. The molecule has 1 saturated heterocycles. The molecule has 6 heteroatoms. The predicted octanol–water partition coefficient (Wildman–Crippen LogP) is 2.82. The van der Waals surface area contributed by atoms with E-state index in [4.69, 9.17) is 15.2 Å². The van der Waals surface area contributed by atoms with E-state index in [1.165, 1.54) is 0 Å². The molecule has 0 saturated carbocycles. The molecule has 0 radical (unpaired) electrons. The number of nitrogens with two attached hydrogens (primary N) is 1. The topological polar surface area (TPSA) is 64.8 Å². The molecule has 2 aliphatic rings. The normalized spacial score (nSPS) is 19.9. The Hall–Kier alpha value is -2.34. The minimum Gasteiger partial charge on any atom is -0.486 e. The van der Waals surface area contributed by atoms with Crippen LogP contribution < -0.4 is 20.1 Å². The van der Waals surface area contributed by atoms with Crippen LogP contribution in [0, 0.1) is 0 Å². The Morgan fingerprint density at radius 1 is 1.09 bits per heavy atom. The summed E-state index contributed by atoms with van der Waals surface area (Å²) < 4.78 is 11.2. The highest BCUT2D eigenvalue weighted by atomic mass is 32.2. The lowest BCUT2D eigenvalue weighted by Gasteiger charge is -2.26. The van der Waals surface area contributed by atoms with E-state index in [2.05, 4.69) is 0 Å². The molecule has 2 N–H and O–H groups in total. The van der Waals surface area contributed by atoms with E-state index in [1.807, 2.05) is 42.5 Å². The molecule has 23 heavy (non-hydrogen) atoms. The lowest BCUT2D eigenvalue weighted by molar-refractivity contribution is -0.115. The summed E-state index contributed by atoms with van der Waals surface area (Å²) in [6.07, 6.45) is 0. The largest absolute Gasteiger partial charge is 0.486 e. The number of carbonyl (C=O) groups excluding carboxylic acids is 1. The van der Waals surface area contributed by atoms with Crippen molar-refractivity contribution in [3.05, 3.63) is 48.0 Å². The molecule has 118 valence electrons. The molecule has 2 aliphatic heterocycles. The van der Waals surface area contributed by atoms with Crippen LogP contribution >= 0.6 is 11.8 Å². The van der Waals surface area contributed by atoms with Crippen molar-refractivity contribution in [3.63, 3.8) is 0 Å². The quantitative estimate of drug-likeness (QED) is 0.859. The Morgan fingerprint density at radius 3 is 2.74 bits per heavy atom. The molecular weight excluding hydrogens is 312 g/mol. The van der Waals surface area contributed by atoms with Crippen molar-refractivity contribution in [1.82, 2.24) is 0 Å². The van der Waals surface area contributed by atoms with Gasteiger partial charge in [-0.3, -0.25) is 9.69 Å². The molecule has 1 amide bonds. The molecule has 0 aliphatic carbocycles. The van der Waals surface area contributed by atoms with E-state index in [0.717, 1.165) is 17.0 Å². The first-order valence-corrected chi connectivity index (χ1v) is 8.46. The summed E-state index contributed by atoms with van der Waals surface area (Å²) in [4.78, 5) is 14.2. The second-order valence-electron chi connectivity index (χ2n) is 5.43. The van der Waals surface area contributed by atoms with Crippen LogP contribution in [0.2, 0.25) is 0 Å². The lowest BCUT2D eigenvalue weighted by Crippen LogP contribution is -2.28. The maximum Gasteiger partial charge on any atom is 0.238 e. The third-order valence-corrected chi connectivity index (χ3v) is 5.08. The molecule has 0 aromatic heterocycles. The van der Waals surface area contributed by atoms with Gasteiger partial charge < -0.3 is 15.2 Å². The summed E-state index contributed by atoms with van der Waals surface area (Å²) in [5.74, 6) is 1.94. The third-order valence-electron chi connectivity index (χ3n) is 3.87. The summed E-state index contributed by atoms with van der Waals surface area (Å²) in [7, 11) is 0. The average molecular weight is 328 g/mol. The van der Waals surface area contributed by atoms with Crippen LogP contribution in [0.15, 0.2) is 42.5 Å². The first-order chi connectivity index (χ1) is 11.2. The Labute approximate surface area is 138 Å². The molecule has 2 heterocycles. The number of thioether (sulfide) groups is 1. The summed E-state index contributed by atoms with van der Waals surface area (Å²) in [5.41, 5.74) is 8.43. The molecule has 2 aromatic carbocycles. The predicted molar refractivity (Wildman–Crippen MR) is 91.0 cm³/mol. The van der Waals surface area contributed by atoms with Crippen molar-refractivity contribution >= 4 is 29.0 Å². The maximum atomic E-state index is 12.4. The molecule has 1 atom stereocenters. The number of benzene rings is 2. The third kappa shape index (κ3) is 2.59. The number of hydrogen-bond donors (Lipinski definition) is 1. The van der Waals surface area contributed by atoms with Crippen molar-refractivity contribution < 1.29 is 14.3 Å². The van der Waals surface area contributed by atoms with Gasteiger partial charge in [0.1, 0.15) is 18.6 Å². The Bertz CT molecular complexity index is 765. The summed E-state index contributed by atoms with van der Waals surface area (Å²) in [5, 5.41) is -0.0754. The first kappa shape index (κ1) is 14.3. The number of hydrogen-bond acceptors (Lipinski definition) is 5. The summed E-state index contributed by atoms with van der Waals surface area (Å²) in [6, 6.07) is 13.3. The van der Waals surface area contributed by atoms with Crippen LogP contribution in [0.25, 0.3) is 0 Å². The highest BCUT2D eigenvalue weighted by Gasteiger charge is 2.34. The fraction of sp³-hybridized carbons (Fsp3) is 0.235. The van der Waals surface area contributed by atoms with Gasteiger partial charge in [-0.05, 0) is 29.8 Å². The highest BCUT2D eigenvalue weighted by molar-refractivity contribution is 8.00. The molecule has 5 nitrogen and oxygen atoms in total. The minimum atomic E-state index is -0.0754. The molecule has 0 unspecified atom stereocenters. The van der Waals surface area contributed by atoms with E-state index >= 15 is 0 Å². The molecule has 4 rings (SSSR count). The molecule has 0 spiro atoms. The van der Waals surface area contributed by atoms with Gasteiger partial charge in [-0.15, -0.1) is 11.8 Å². The summed E-state index contributed by atoms with van der Waals surface area (Å²) >= 11 is 1.60. The van der Waals surface area contributed by atoms with Crippen LogP contribution in [0.5, 0.6) is 11.5 Å². The second kappa shape index (κ2) is 5.70. The molecular formula is C17H16N2O3S. The minimum absolute atomic E-state index is 0.0754. The Kier molecular flexibility index (Phi) is 3.53. The zero-order valence-electron chi connectivity index (χ0n) is 12.4. The number of amides is 1. The van der Waals surface area contributed by atoms with Gasteiger partial charge in [-0.2, -0.15) is 0 Å². The molecule has 0 bridgehead atoms.